The molecule has 0 fully saturated rings. The summed E-state index contributed by atoms with van der Waals surface area (Å²) in [5.41, 5.74) is 0.687. The summed E-state index contributed by atoms with van der Waals surface area (Å²) in [6.45, 7) is 0. The summed E-state index contributed by atoms with van der Waals surface area (Å²) in [6, 6.07) is 12.7. The molecular weight excluding hydrogens is 257 g/mol. The minimum Gasteiger partial charge on any atom is -0.306 e. The van der Waals surface area contributed by atoms with Gasteiger partial charge in [-0.2, -0.15) is 5.26 Å². The van der Waals surface area contributed by atoms with E-state index in [1.807, 2.05) is 0 Å². The molecule has 0 atom stereocenters. The highest BCUT2D eigenvalue weighted by molar-refractivity contribution is 5.79. The van der Waals surface area contributed by atoms with Crippen LogP contribution in [0.4, 0.5) is 4.39 Å². The van der Waals surface area contributed by atoms with E-state index in [1.54, 1.807) is 30.3 Å². The van der Waals surface area contributed by atoms with Gasteiger partial charge in [0.2, 0.25) is 0 Å². The molecule has 1 N–H and O–H groups in total. The van der Waals surface area contributed by atoms with Crippen LogP contribution in [0.5, 0.6) is 0 Å². The molecule has 1 heterocycles. The van der Waals surface area contributed by atoms with Gasteiger partial charge < -0.3 is 4.98 Å². The van der Waals surface area contributed by atoms with Crippen molar-refractivity contribution in [3.63, 3.8) is 0 Å². The molecule has 3 rings (SSSR count). The number of aromatic nitrogens is 2. The highest BCUT2D eigenvalue weighted by atomic mass is 19.1. The van der Waals surface area contributed by atoms with Gasteiger partial charge in [-0.1, -0.05) is 12.1 Å². The summed E-state index contributed by atoms with van der Waals surface area (Å²) < 4.78 is 13.3. The number of hydrogen-bond donors (Lipinski definition) is 1. The average molecular weight is 265 g/mol. The second-order valence-electron chi connectivity index (χ2n) is 4.24. The summed E-state index contributed by atoms with van der Waals surface area (Å²) in [5.74, 6) is -0.287. The number of fused-ring (bicyclic) bond motifs is 1. The molecule has 0 bridgehead atoms. The lowest BCUT2D eigenvalue weighted by Crippen LogP contribution is -2.09. The molecule has 4 nitrogen and oxygen atoms in total. The summed E-state index contributed by atoms with van der Waals surface area (Å²) >= 11 is 0. The largest absolute Gasteiger partial charge is 0.306 e. The lowest BCUT2D eigenvalue weighted by atomic mass is 10.1. The third-order valence-electron chi connectivity index (χ3n) is 2.97. The highest BCUT2D eigenvalue weighted by Gasteiger charge is 2.08. The van der Waals surface area contributed by atoms with Gasteiger partial charge in [0.1, 0.15) is 17.7 Å². The van der Waals surface area contributed by atoms with Crippen molar-refractivity contribution in [1.82, 2.24) is 9.97 Å². The molecular formula is C15H8FN3O. The van der Waals surface area contributed by atoms with Crippen molar-refractivity contribution >= 4 is 10.9 Å². The predicted octanol–water partition coefficient (Wildman–Crippen LogP) is 2.60. The first-order valence-corrected chi connectivity index (χ1v) is 5.88. The van der Waals surface area contributed by atoms with Crippen molar-refractivity contribution in [2.45, 2.75) is 0 Å². The minimum atomic E-state index is -0.598. The van der Waals surface area contributed by atoms with E-state index in [0.29, 0.717) is 22.3 Å². The Kier molecular flexibility index (Phi) is 2.77. The third-order valence-corrected chi connectivity index (χ3v) is 2.97. The van der Waals surface area contributed by atoms with Gasteiger partial charge in [-0.3, -0.25) is 4.79 Å². The fourth-order valence-corrected chi connectivity index (χ4v) is 1.98. The summed E-state index contributed by atoms with van der Waals surface area (Å²) in [7, 11) is 0. The van der Waals surface area contributed by atoms with Crippen molar-refractivity contribution < 1.29 is 4.39 Å². The Morgan fingerprint density at radius 3 is 2.80 bits per heavy atom. The normalized spacial score (nSPS) is 10.4. The summed E-state index contributed by atoms with van der Waals surface area (Å²) in [5, 5.41) is 9.32. The summed E-state index contributed by atoms with van der Waals surface area (Å²) in [6.07, 6.45) is 0. The van der Waals surface area contributed by atoms with Gasteiger partial charge in [-0.25, -0.2) is 9.37 Å². The molecule has 1 aromatic heterocycles. The SMILES string of the molecule is N#Cc1cc(-c2nc3ccccc3c(=O)[nH]2)ccc1F. The maximum absolute atomic E-state index is 13.3. The van der Waals surface area contributed by atoms with Gasteiger partial charge in [-0.15, -0.1) is 0 Å². The van der Waals surface area contributed by atoms with Crippen LogP contribution in [0.3, 0.4) is 0 Å². The van der Waals surface area contributed by atoms with Gasteiger partial charge >= 0.3 is 0 Å². The van der Waals surface area contributed by atoms with E-state index >= 15 is 0 Å². The van der Waals surface area contributed by atoms with Crippen molar-refractivity contribution in [2.75, 3.05) is 0 Å². The van der Waals surface area contributed by atoms with Crippen LogP contribution in [0, 0.1) is 17.1 Å². The Morgan fingerprint density at radius 1 is 1.20 bits per heavy atom. The quantitative estimate of drug-likeness (QED) is 0.735. The third kappa shape index (κ3) is 1.93. The molecule has 0 aliphatic carbocycles. The maximum Gasteiger partial charge on any atom is 0.259 e. The zero-order valence-corrected chi connectivity index (χ0v) is 10.2. The number of rotatable bonds is 1. The van der Waals surface area contributed by atoms with Gasteiger partial charge in [0.25, 0.3) is 5.56 Å². The molecule has 20 heavy (non-hydrogen) atoms. The minimum absolute atomic E-state index is 0.0849. The van der Waals surface area contributed by atoms with Crippen molar-refractivity contribution in [2.24, 2.45) is 0 Å². The van der Waals surface area contributed by atoms with E-state index in [2.05, 4.69) is 9.97 Å². The zero-order valence-electron chi connectivity index (χ0n) is 10.2. The molecule has 96 valence electrons. The van der Waals surface area contributed by atoms with E-state index in [9.17, 15) is 9.18 Å². The van der Waals surface area contributed by atoms with Crippen molar-refractivity contribution in [3.8, 4) is 17.5 Å². The maximum atomic E-state index is 13.3. The van der Waals surface area contributed by atoms with Crippen LogP contribution in [0.25, 0.3) is 22.3 Å². The molecule has 0 aliphatic heterocycles. The van der Waals surface area contributed by atoms with E-state index in [0.717, 1.165) is 0 Å². The lowest BCUT2D eigenvalue weighted by Gasteiger charge is -2.04. The molecule has 0 amide bonds. The molecule has 2 aromatic carbocycles. The van der Waals surface area contributed by atoms with Crippen LogP contribution in [-0.2, 0) is 0 Å². The zero-order chi connectivity index (χ0) is 14.1. The van der Waals surface area contributed by atoms with E-state index in [1.165, 1.54) is 18.2 Å². The molecule has 5 heteroatoms. The molecule has 0 saturated heterocycles. The molecule has 0 saturated carbocycles. The van der Waals surface area contributed by atoms with E-state index < -0.39 is 5.82 Å². The number of benzene rings is 2. The van der Waals surface area contributed by atoms with Crippen LogP contribution in [0.2, 0.25) is 0 Å². The second kappa shape index (κ2) is 4.59. The molecule has 0 spiro atoms. The predicted molar refractivity (Wildman–Crippen MR) is 72.5 cm³/mol. The van der Waals surface area contributed by atoms with Crippen molar-refractivity contribution in [1.29, 1.82) is 5.26 Å². The number of nitrogens with zero attached hydrogens (tertiary/aromatic N) is 2. The van der Waals surface area contributed by atoms with Crippen LogP contribution >= 0.6 is 0 Å². The van der Waals surface area contributed by atoms with Gasteiger partial charge in [0.15, 0.2) is 0 Å². The molecule has 3 aromatic rings. The average Bonchev–Trinajstić information content (AvgIpc) is 2.47. The fourth-order valence-electron chi connectivity index (χ4n) is 1.98. The van der Waals surface area contributed by atoms with Crippen LogP contribution in [0.1, 0.15) is 5.56 Å². The van der Waals surface area contributed by atoms with Crippen molar-refractivity contribution in [3.05, 3.63) is 64.2 Å². The number of H-pyrrole nitrogens is 1. The Bertz CT molecular complexity index is 909. The van der Waals surface area contributed by atoms with E-state index in [4.69, 9.17) is 5.26 Å². The Morgan fingerprint density at radius 2 is 2.00 bits per heavy atom. The number of nitriles is 1. The van der Waals surface area contributed by atoms with Crippen LogP contribution < -0.4 is 5.56 Å². The second-order valence-corrected chi connectivity index (χ2v) is 4.24. The highest BCUT2D eigenvalue weighted by Crippen LogP contribution is 2.19. The first-order chi connectivity index (χ1) is 9.69. The Labute approximate surface area is 113 Å². The monoisotopic (exact) mass is 265 g/mol. The number of para-hydroxylation sites is 1. The standard InChI is InChI=1S/C15H8FN3O/c16-12-6-5-9(7-10(12)8-17)14-18-13-4-2-1-3-11(13)15(20)19-14/h1-7H,(H,18,19,20). The summed E-state index contributed by atoms with van der Waals surface area (Å²) in [4.78, 5) is 18.9. The lowest BCUT2D eigenvalue weighted by molar-refractivity contribution is 0.624. The Balaban J connectivity index is 2.25. The number of aromatic amines is 1. The Hall–Kier alpha value is -3.00. The number of hydrogen-bond acceptors (Lipinski definition) is 3. The van der Waals surface area contributed by atoms with E-state index in [-0.39, 0.29) is 11.1 Å². The van der Waals surface area contributed by atoms with Crippen LogP contribution in [-0.4, -0.2) is 9.97 Å². The topological polar surface area (TPSA) is 69.5 Å². The first-order valence-electron chi connectivity index (χ1n) is 5.88. The molecule has 0 radical (unpaired) electrons. The number of halogens is 1. The van der Waals surface area contributed by atoms with Gasteiger partial charge in [0, 0.05) is 5.56 Å². The smallest absolute Gasteiger partial charge is 0.259 e. The van der Waals surface area contributed by atoms with Gasteiger partial charge in [0.05, 0.1) is 16.5 Å². The fraction of sp³-hybridized carbons (Fsp3) is 0. The first kappa shape index (κ1) is 12.1. The molecule has 0 aliphatic rings. The molecule has 0 unspecified atom stereocenters. The van der Waals surface area contributed by atoms with Gasteiger partial charge in [-0.05, 0) is 30.3 Å². The van der Waals surface area contributed by atoms with Crippen LogP contribution in [0.15, 0.2) is 47.3 Å². The number of nitrogens with one attached hydrogen (secondary N) is 1.